The van der Waals surface area contributed by atoms with Crippen LogP contribution in [0.15, 0.2) is 47.1 Å². The molecule has 1 saturated heterocycles. The SMILES string of the molecule is C#C[C@]1(O)CC[C@H]2[C@@H]3CCC4=C/C(=N\OCC(=O)NCC[C@]5(c6ccccc6)C[C@H](C)N(C)C[C@H]5C)CC[C@]4(C)[C@H]3CC[C@@]21C. The van der Waals surface area contributed by atoms with E-state index in [0.717, 1.165) is 76.5 Å². The highest BCUT2D eigenvalue weighted by Gasteiger charge is 2.63. The third-order valence-corrected chi connectivity index (χ3v) is 13.9. The number of terminal acetylenes is 1. The van der Waals surface area contributed by atoms with Gasteiger partial charge in [-0.1, -0.05) is 67.8 Å². The number of allylic oxidation sites excluding steroid dienone is 2. The molecule has 0 bridgehead atoms. The molecular formula is C39H55N3O3. The molecule has 1 aromatic carbocycles. The molecule has 5 aliphatic rings. The van der Waals surface area contributed by atoms with Crippen molar-refractivity contribution < 1.29 is 14.7 Å². The zero-order chi connectivity index (χ0) is 32.0. The van der Waals surface area contributed by atoms with Gasteiger partial charge in [-0.05, 0) is 119 Å². The van der Waals surface area contributed by atoms with Crippen LogP contribution < -0.4 is 5.32 Å². The lowest BCUT2D eigenvalue weighted by molar-refractivity contribution is -0.125. The maximum atomic E-state index is 12.8. The molecule has 0 aromatic heterocycles. The molecule has 6 heteroatoms. The summed E-state index contributed by atoms with van der Waals surface area (Å²) in [5.74, 6) is 4.92. The Balaban J connectivity index is 1.04. The van der Waals surface area contributed by atoms with E-state index in [4.69, 9.17) is 11.3 Å². The summed E-state index contributed by atoms with van der Waals surface area (Å²) in [4.78, 5) is 20.9. The Bertz CT molecular complexity index is 1370. The van der Waals surface area contributed by atoms with E-state index in [1.807, 2.05) is 0 Å². The molecule has 0 spiro atoms. The van der Waals surface area contributed by atoms with Crippen LogP contribution in [0.5, 0.6) is 0 Å². The van der Waals surface area contributed by atoms with Gasteiger partial charge in [0.2, 0.25) is 0 Å². The number of rotatable bonds is 7. The summed E-state index contributed by atoms with van der Waals surface area (Å²) in [6.45, 7) is 11.0. The van der Waals surface area contributed by atoms with Crippen molar-refractivity contribution in [2.24, 2.45) is 39.7 Å². The second-order valence-electron chi connectivity index (χ2n) is 15.9. The molecule has 6 nitrogen and oxygen atoms in total. The Morgan fingerprint density at radius 2 is 1.87 bits per heavy atom. The van der Waals surface area contributed by atoms with E-state index in [0.29, 0.717) is 36.3 Å². The van der Waals surface area contributed by atoms with Gasteiger partial charge in [0, 0.05) is 30.0 Å². The molecule has 0 unspecified atom stereocenters. The lowest BCUT2D eigenvalue weighted by atomic mass is 9.46. The maximum Gasteiger partial charge on any atom is 0.260 e. The lowest BCUT2D eigenvalue weighted by Gasteiger charge is -2.58. The van der Waals surface area contributed by atoms with Crippen LogP contribution in [0.3, 0.4) is 0 Å². The van der Waals surface area contributed by atoms with Crippen LogP contribution in [0.2, 0.25) is 0 Å². The Morgan fingerprint density at radius 1 is 1.11 bits per heavy atom. The molecule has 3 saturated carbocycles. The Labute approximate surface area is 271 Å². The molecule has 1 amide bonds. The number of oxime groups is 1. The van der Waals surface area contributed by atoms with Crippen LogP contribution in [0.1, 0.15) is 97.5 Å². The number of nitrogens with zero attached hydrogens (tertiary/aromatic N) is 2. The van der Waals surface area contributed by atoms with Gasteiger partial charge in [-0.15, -0.1) is 6.42 Å². The number of piperidine rings is 1. The molecule has 1 aliphatic heterocycles. The van der Waals surface area contributed by atoms with Crippen LogP contribution >= 0.6 is 0 Å². The summed E-state index contributed by atoms with van der Waals surface area (Å²) < 4.78 is 0. The van der Waals surface area contributed by atoms with Crippen molar-refractivity contribution in [2.45, 2.75) is 109 Å². The highest BCUT2D eigenvalue weighted by atomic mass is 16.6. The van der Waals surface area contributed by atoms with E-state index in [1.54, 1.807) is 0 Å². The van der Waals surface area contributed by atoms with Gasteiger partial charge in [-0.2, -0.15) is 0 Å². The lowest BCUT2D eigenvalue weighted by Crippen LogP contribution is -2.54. The van der Waals surface area contributed by atoms with Gasteiger partial charge in [0.05, 0.1) is 5.71 Å². The number of hydrogen-bond acceptors (Lipinski definition) is 5. The van der Waals surface area contributed by atoms with Gasteiger partial charge in [-0.25, -0.2) is 0 Å². The number of likely N-dealkylation sites (tertiary alicyclic amines) is 1. The number of aliphatic hydroxyl groups is 1. The van der Waals surface area contributed by atoms with E-state index in [9.17, 15) is 9.90 Å². The molecular weight excluding hydrogens is 558 g/mol. The number of benzene rings is 1. The van der Waals surface area contributed by atoms with Crippen molar-refractivity contribution >= 4 is 11.6 Å². The zero-order valence-corrected chi connectivity index (χ0v) is 28.3. The summed E-state index contributed by atoms with van der Waals surface area (Å²) in [6.07, 6.45) is 18.2. The predicted octanol–water partition coefficient (Wildman–Crippen LogP) is 6.49. The summed E-state index contributed by atoms with van der Waals surface area (Å²) in [5.41, 5.74) is 2.90. The highest BCUT2D eigenvalue weighted by molar-refractivity contribution is 5.96. The highest BCUT2D eigenvalue weighted by Crippen LogP contribution is 2.67. The molecule has 4 fully saturated rings. The number of amides is 1. The first-order valence-electron chi connectivity index (χ1n) is 17.6. The first-order valence-corrected chi connectivity index (χ1v) is 17.6. The second kappa shape index (κ2) is 12.2. The average molecular weight is 614 g/mol. The number of hydrogen-bond donors (Lipinski definition) is 2. The largest absolute Gasteiger partial charge is 0.385 e. The fourth-order valence-electron chi connectivity index (χ4n) is 10.9. The zero-order valence-electron chi connectivity index (χ0n) is 28.3. The molecule has 0 radical (unpaired) electrons. The molecule has 244 valence electrons. The maximum absolute atomic E-state index is 12.8. The van der Waals surface area contributed by atoms with E-state index in [2.05, 4.69) is 92.4 Å². The van der Waals surface area contributed by atoms with Crippen LogP contribution in [-0.2, 0) is 15.0 Å². The van der Waals surface area contributed by atoms with Crippen molar-refractivity contribution in [3.05, 3.63) is 47.5 Å². The normalized spacial score (nSPS) is 42.1. The van der Waals surface area contributed by atoms with Gasteiger partial charge in [0.1, 0.15) is 5.60 Å². The van der Waals surface area contributed by atoms with Crippen molar-refractivity contribution in [1.82, 2.24) is 10.2 Å². The van der Waals surface area contributed by atoms with Gasteiger partial charge in [0.15, 0.2) is 6.61 Å². The van der Waals surface area contributed by atoms with Crippen LogP contribution in [0.4, 0.5) is 0 Å². The number of fused-ring (bicyclic) bond motifs is 5. The molecule has 1 heterocycles. The summed E-state index contributed by atoms with van der Waals surface area (Å²) in [7, 11) is 2.21. The van der Waals surface area contributed by atoms with Crippen molar-refractivity contribution in [2.75, 3.05) is 26.7 Å². The van der Waals surface area contributed by atoms with Crippen LogP contribution in [0, 0.1) is 46.8 Å². The number of carbonyl (C=O) groups excluding carboxylic acids is 1. The second-order valence-corrected chi connectivity index (χ2v) is 15.9. The average Bonchev–Trinajstić information content (AvgIpc) is 3.31. The minimum atomic E-state index is -0.955. The summed E-state index contributed by atoms with van der Waals surface area (Å²) in [5, 5.41) is 18.9. The third kappa shape index (κ3) is 5.46. The topological polar surface area (TPSA) is 74.2 Å². The number of carbonyl (C=O) groups is 1. The van der Waals surface area contributed by atoms with E-state index >= 15 is 0 Å². The van der Waals surface area contributed by atoms with E-state index in [-0.39, 0.29) is 28.8 Å². The third-order valence-electron chi connectivity index (χ3n) is 13.9. The van der Waals surface area contributed by atoms with Gasteiger partial charge in [-0.3, -0.25) is 4.79 Å². The molecule has 6 rings (SSSR count). The smallest absolute Gasteiger partial charge is 0.260 e. The van der Waals surface area contributed by atoms with E-state index in [1.165, 1.54) is 11.1 Å². The first-order chi connectivity index (χ1) is 21.5. The predicted molar refractivity (Wildman–Crippen MR) is 180 cm³/mol. The monoisotopic (exact) mass is 613 g/mol. The fourth-order valence-corrected chi connectivity index (χ4v) is 10.9. The van der Waals surface area contributed by atoms with Crippen molar-refractivity contribution in [1.29, 1.82) is 0 Å². The first kappa shape index (κ1) is 32.3. The van der Waals surface area contributed by atoms with Crippen LogP contribution in [-0.4, -0.2) is 60.0 Å². The quantitative estimate of drug-likeness (QED) is 0.272. The standard InChI is InChI=1S/C39H55N3O3/c1-7-39(44)20-17-34-32-14-13-30-23-31(15-18-36(30,4)33(32)16-19-37(34,39)5)41-45-26-35(43)40-22-21-38(29-11-9-8-10-12-29)24-28(3)42(6)25-27(38)2/h1,8-12,23,27-28,32-34,44H,13-22,24-26H2,2-6H3,(H,40,43)/b41-31-/t27-,28+,32-,33+,34+,36+,37+,38+,39+/m1/s1. The van der Waals surface area contributed by atoms with Crippen molar-refractivity contribution in [3.8, 4) is 12.3 Å². The van der Waals surface area contributed by atoms with Crippen LogP contribution in [0.25, 0.3) is 0 Å². The molecule has 4 aliphatic carbocycles. The van der Waals surface area contributed by atoms with E-state index < -0.39 is 5.60 Å². The number of nitrogens with one attached hydrogen (secondary N) is 1. The minimum absolute atomic E-state index is 0.0404. The molecule has 45 heavy (non-hydrogen) atoms. The Kier molecular flexibility index (Phi) is 8.76. The molecule has 1 aromatic rings. The van der Waals surface area contributed by atoms with Crippen molar-refractivity contribution in [3.63, 3.8) is 0 Å². The Morgan fingerprint density at radius 3 is 2.62 bits per heavy atom. The fraction of sp³-hybridized carbons (Fsp3) is 0.692. The summed E-state index contributed by atoms with van der Waals surface area (Å²) in [6, 6.07) is 11.3. The van der Waals surface area contributed by atoms with Gasteiger partial charge >= 0.3 is 0 Å². The Hall–Kier alpha value is -2.62. The minimum Gasteiger partial charge on any atom is -0.385 e. The van der Waals surface area contributed by atoms with Gasteiger partial charge in [0.25, 0.3) is 5.91 Å². The summed E-state index contributed by atoms with van der Waals surface area (Å²) >= 11 is 0. The molecule has 9 atom stereocenters. The van der Waals surface area contributed by atoms with Gasteiger partial charge < -0.3 is 20.2 Å². The molecule has 2 N–H and O–H groups in total.